The van der Waals surface area contributed by atoms with Crippen LogP contribution in [0.5, 0.6) is 5.75 Å². The van der Waals surface area contributed by atoms with Gasteiger partial charge in [-0.2, -0.15) is 0 Å². The number of Topliss-reactive ketones (excluding diaryl/α,β-unsaturated/α-hetero) is 1. The van der Waals surface area contributed by atoms with E-state index in [-0.39, 0.29) is 18.1 Å². The van der Waals surface area contributed by atoms with Crippen molar-refractivity contribution in [3.8, 4) is 5.75 Å². The molecule has 0 spiro atoms. The third kappa shape index (κ3) is 3.53. The van der Waals surface area contributed by atoms with Crippen LogP contribution in [0.15, 0.2) is 36.5 Å². The molecule has 1 aliphatic rings. The lowest BCUT2D eigenvalue weighted by atomic mass is 10.1. The van der Waals surface area contributed by atoms with E-state index in [1.807, 2.05) is 0 Å². The number of pyridine rings is 1. The van der Waals surface area contributed by atoms with Crippen molar-refractivity contribution < 1.29 is 23.5 Å². The molecule has 1 aromatic heterocycles. The second-order valence-electron chi connectivity index (χ2n) is 5.83. The molecule has 0 aliphatic carbocycles. The number of nitrogens with one attached hydrogen (secondary N) is 1. The van der Waals surface area contributed by atoms with E-state index in [0.29, 0.717) is 17.0 Å². The van der Waals surface area contributed by atoms with Crippen LogP contribution in [0, 0.1) is 5.82 Å². The minimum Gasteiger partial charge on any atom is -0.479 e. The van der Waals surface area contributed by atoms with Crippen molar-refractivity contribution in [1.29, 1.82) is 0 Å². The zero-order valence-corrected chi connectivity index (χ0v) is 14.2. The molecule has 2 heterocycles. The maximum Gasteiger partial charge on any atom is 0.268 e. The second-order valence-corrected chi connectivity index (χ2v) is 5.83. The van der Waals surface area contributed by atoms with Crippen molar-refractivity contribution in [2.24, 2.45) is 0 Å². The van der Waals surface area contributed by atoms with Gasteiger partial charge in [-0.25, -0.2) is 9.37 Å². The van der Waals surface area contributed by atoms with E-state index in [0.717, 1.165) is 6.20 Å². The Bertz CT molecular complexity index is 883. The van der Waals surface area contributed by atoms with E-state index >= 15 is 0 Å². The maximum absolute atomic E-state index is 12.9. The SMILES string of the molecule is CC(=O)c1ccc2c(c1)N(CC(=O)Nc1ccc(F)cn1)C(=O)C(C)O2. The minimum absolute atomic E-state index is 0.168. The van der Waals surface area contributed by atoms with Crippen molar-refractivity contribution in [1.82, 2.24) is 4.98 Å². The number of rotatable bonds is 4. The molecule has 0 bridgehead atoms. The Morgan fingerprint density at radius 2 is 2.08 bits per heavy atom. The summed E-state index contributed by atoms with van der Waals surface area (Å²) in [6, 6.07) is 7.20. The van der Waals surface area contributed by atoms with Crippen LogP contribution >= 0.6 is 0 Å². The van der Waals surface area contributed by atoms with Gasteiger partial charge >= 0.3 is 0 Å². The summed E-state index contributed by atoms with van der Waals surface area (Å²) < 4.78 is 18.4. The lowest BCUT2D eigenvalue weighted by molar-refractivity contribution is -0.127. The number of ketones is 1. The van der Waals surface area contributed by atoms with Gasteiger partial charge in [0.1, 0.15) is 23.9 Å². The minimum atomic E-state index is -0.762. The molecule has 7 nitrogen and oxygen atoms in total. The maximum atomic E-state index is 12.9. The highest BCUT2D eigenvalue weighted by molar-refractivity contribution is 6.07. The Morgan fingerprint density at radius 1 is 1.31 bits per heavy atom. The van der Waals surface area contributed by atoms with Gasteiger partial charge in [-0.3, -0.25) is 19.3 Å². The number of amides is 2. The third-order valence-electron chi connectivity index (χ3n) is 3.87. The summed E-state index contributed by atoms with van der Waals surface area (Å²) >= 11 is 0. The second kappa shape index (κ2) is 6.91. The summed E-state index contributed by atoms with van der Waals surface area (Å²) in [5, 5.41) is 2.50. The van der Waals surface area contributed by atoms with Gasteiger partial charge in [0.05, 0.1) is 11.9 Å². The molecule has 26 heavy (non-hydrogen) atoms. The summed E-state index contributed by atoms with van der Waals surface area (Å²) in [7, 11) is 0. The molecular weight excluding hydrogens is 341 g/mol. The fourth-order valence-corrected chi connectivity index (χ4v) is 2.56. The molecule has 0 saturated heterocycles. The first-order chi connectivity index (χ1) is 12.3. The Hall–Kier alpha value is -3.29. The van der Waals surface area contributed by atoms with Gasteiger partial charge in [0.25, 0.3) is 5.91 Å². The summed E-state index contributed by atoms with van der Waals surface area (Å²) in [5.74, 6) is -1.02. The van der Waals surface area contributed by atoms with Crippen LogP contribution in [0.1, 0.15) is 24.2 Å². The molecule has 0 fully saturated rings. The van der Waals surface area contributed by atoms with Gasteiger partial charge in [-0.15, -0.1) is 0 Å². The van der Waals surface area contributed by atoms with E-state index in [1.54, 1.807) is 19.1 Å². The molecule has 3 rings (SSSR count). The molecule has 1 atom stereocenters. The standard InChI is InChI=1S/C18H16FN3O4/c1-10(23)12-3-5-15-14(7-12)22(18(25)11(2)26-15)9-17(24)21-16-6-4-13(19)8-20-16/h3-8,11H,9H2,1-2H3,(H,20,21,24). The van der Waals surface area contributed by atoms with Crippen LogP contribution < -0.4 is 15.0 Å². The van der Waals surface area contributed by atoms with Gasteiger partial charge in [0, 0.05) is 5.56 Å². The molecule has 8 heteroatoms. The fourth-order valence-electron chi connectivity index (χ4n) is 2.56. The van der Waals surface area contributed by atoms with E-state index in [9.17, 15) is 18.8 Å². The molecule has 2 aromatic rings. The zero-order chi connectivity index (χ0) is 18.8. The molecule has 1 unspecified atom stereocenters. The summed E-state index contributed by atoms with van der Waals surface area (Å²) in [6.07, 6.45) is 0.217. The van der Waals surface area contributed by atoms with Gasteiger partial charge in [0.2, 0.25) is 5.91 Å². The highest BCUT2D eigenvalue weighted by Crippen LogP contribution is 2.35. The molecular formula is C18H16FN3O4. The first-order valence-corrected chi connectivity index (χ1v) is 7.89. The summed E-state index contributed by atoms with van der Waals surface area (Å²) in [5.41, 5.74) is 0.753. The molecule has 2 amide bonds. The van der Waals surface area contributed by atoms with Crippen LogP contribution in [0.25, 0.3) is 0 Å². The Labute approximate surface area is 148 Å². The number of aromatic nitrogens is 1. The average Bonchev–Trinajstić information content (AvgIpc) is 2.60. The van der Waals surface area contributed by atoms with Crippen molar-refractivity contribution in [2.45, 2.75) is 20.0 Å². The number of anilines is 2. The number of carbonyl (C=O) groups excluding carboxylic acids is 3. The largest absolute Gasteiger partial charge is 0.479 e. The van der Waals surface area contributed by atoms with Gasteiger partial charge in [-0.1, -0.05) is 0 Å². The monoisotopic (exact) mass is 357 g/mol. The summed E-state index contributed by atoms with van der Waals surface area (Å²) in [6.45, 7) is 2.70. The number of halogens is 1. The quantitative estimate of drug-likeness (QED) is 0.847. The molecule has 1 N–H and O–H groups in total. The van der Waals surface area contributed by atoms with Gasteiger partial charge in [-0.05, 0) is 44.2 Å². The van der Waals surface area contributed by atoms with E-state index < -0.39 is 23.7 Å². The molecule has 1 aliphatic heterocycles. The highest BCUT2D eigenvalue weighted by atomic mass is 19.1. The first kappa shape index (κ1) is 17.5. The number of hydrogen-bond donors (Lipinski definition) is 1. The highest BCUT2D eigenvalue weighted by Gasteiger charge is 2.33. The third-order valence-corrected chi connectivity index (χ3v) is 3.87. The van der Waals surface area contributed by atoms with Gasteiger partial charge < -0.3 is 10.1 Å². The number of hydrogen-bond acceptors (Lipinski definition) is 5. The first-order valence-electron chi connectivity index (χ1n) is 7.89. The van der Waals surface area contributed by atoms with Crippen molar-refractivity contribution in [3.63, 3.8) is 0 Å². The van der Waals surface area contributed by atoms with Crippen LogP contribution in [0.2, 0.25) is 0 Å². The van der Waals surface area contributed by atoms with Gasteiger partial charge in [0.15, 0.2) is 11.9 Å². The lowest BCUT2D eigenvalue weighted by Gasteiger charge is -2.32. The molecule has 0 radical (unpaired) electrons. The number of carbonyl (C=O) groups is 3. The predicted octanol–water partition coefficient (Wildman–Crippen LogP) is 2.18. The number of fused-ring (bicyclic) bond motifs is 1. The summed E-state index contributed by atoms with van der Waals surface area (Å²) in [4.78, 5) is 41.4. The Morgan fingerprint density at radius 3 is 2.73 bits per heavy atom. The van der Waals surface area contributed by atoms with Crippen LogP contribution in [-0.4, -0.2) is 35.2 Å². The molecule has 1 aromatic carbocycles. The topological polar surface area (TPSA) is 88.6 Å². The number of ether oxygens (including phenoxy) is 1. The van der Waals surface area contributed by atoms with E-state index in [1.165, 1.54) is 30.0 Å². The molecule has 134 valence electrons. The zero-order valence-electron chi connectivity index (χ0n) is 14.2. The van der Waals surface area contributed by atoms with E-state index in [2.05, 4.69) is 10.3 Å². The van der Waals surface area contributed by atoms with E-state index in [4.69, 9.17) is 4.74 Å². The Kier molecular flexibility index (Phi) is 4.66. The number of nitrogens with zero attached hydrogens (tertiary/aromatic N) is 2. The van der Waals surface area contributed by atoms with Crippen molar-refractivity contribution in [2.75, 3.05) is 16.8 Å². The van der Waals surface area contributed by atoms with Crippen LogP contribution in [-0.2, 0) is 9.59 Å². The smallest absolute Gasteiger partial charge is 0.268 e. The average molecular weight is 357 g/mol. The van der Waals surface area contributed by atoms with Crippen molar-refractivity contribution >= 4 is 29.1 Å². The normalized spacial score (nSPS) is 15.9. The number of benzene rings is 1. The fraction of sp³-hybridized carbons (Fsp3) is 0.222. The lowest BCUT2D eigenvalue weighted by Crippen LogP contribution is -2.47. The van der Waals surface area contributed by atoms with Crippen LogP contribution in [0.4, 0.5) is 15.9 Å². The van der Waals surface area contributed by atoms with Crippen molar-refractivity contribution in [3.05, 3.63) is 47.9 Å². The molecule has 0 saturated carbocycles. The Balaban J connectivity index is 1.85. The van der Waals surface area contributed by atoms with Crippen LogP contribution in [0.3, 0.4) is 0 Å². The predicted molar refractivity (Wildman–Crippen MR) is 91.7 cm³/mol.